The molecule has 2 nitrogen and oxygen atoms in total. The molecule has 0 aliphatic heterocycles. The number of nitrogen functional groups attached to an aromatic ring is 1. The molecule has 0 bridgehead atoms. The quantitative estimate of drug-likeness (QED) is 0.592. The average Bonchev–Trinajstić information content (AvgIpc) is 2.27. The van der Waals surface area contributed by atoms with Gasteiger partial charge in [-0.2, -0.15) is 0 Å². The van der Waals surface area contributed by atoms with E-state index in [0.717, 1.165) is 12.8 Å². The minimum atomic E-state index is 0.130. The van der Waals surface area contributed by atoms with Gasteiger partial charge in [0.15, 0.2) is 5.78 Å². The van der Waals surface area contributed by atoms with Gasteiger partial charge < -0.3 is 5.73 Å². The fourth-order valence-electron chi connectivity index (χ4n) is 1.57. The minimum Gasteiger partial charge on any atom is -0.398 e. The number of rotatable bonds is 5. The lowest BCUT2D eigenvalue weighted by Crippen LogP contribution is -2.03. The van der Waals surface area contributed by atoms with Crippen molar-refractivity contribution in [1.82, 2.24) is 0 Å². The number of aryl methyl sites for hydroxylation is 1. The Hall–Kier alpha value is -1.31. The zero-order valence-electron chi connectivity index (χ0n) is 9.55. The van der Waals surface area contributed by atoms with Crippen LogP contribution in [0, 0.1) is 0 Å². The van der Waals surface area contributed by atoms with Gasteiger partial charge in [-0.1, -0.05) is 26.3 Å². The van der Waals surface area contributed by atoms with Gasteiger partial charge in [-0.15, -0.1) is 0 Å². The van der Waals surface area contributed by atoms with E-state index in [1.54, 1.807) is 0 Å². The molecular formula is C13H19NO. The monoisotopic (exact) mass is 205 g/mol. The molecule has 0 aliphatic carbocycles. The van der Waals surface area contributed by atoms with Crippen LogP contribution in [-0.2, 0) is 6.42 Å². The molecular weight excluding hydrogens is 186 g/mol. The molecule has 0 spiro atoms. The normalized spacial score (nSPS) is 10.3. The number of benzene rings is 1. The SMILES string of the molecule is CCCCc1ccc(N)c(C(=O)CC)c1. The van der Waals surface area contributed by atoms with Crippen LogP contribution in [0.5, 0.6) is 0 Å². The van der Waals surface area contributed by atoms with Crippen molar-refractivity contribution < 1.29 is 4.79 Å². The van der Waals surface area contributed by atoms with E-state index in [2.05, 4.69) is 6.92 Å². The first-order chi connectivity index (χ1) is 7.19. The molecule has 2 N–H and O–H groups in total. The summed E-state index contributed by atoms with van der Waals surface area (Å²) in [5.41, 5.74) is 8.27. The van der Waals surface area contributed by atoms with Crippen molar-refractivity contribution in [3.63, 3.8) is 0 Å². The predicted octanol–water partition coefficient (Wildman–Crippen LogP) is 3.20. The highest BCUT2D eigenvalue weighted by Gasteiger charge is 2.08. The summed E-state index contributed by atoms with van der Waals surface area (Å²) >= 11 is 0. The number of hydrogen-bond acceptors (Lipinski definition) is 2. The Balaban J connectivity index is 2.89. The molecule has 0 aromatic heterocycles. The Morgan fingerprint density at radius 3 is 2.67 bits per heavy atom. The van der Waals surface area contributed by atoms with Crippen LogP contribution < -0.4 is 5.73 Å². The molecule has 0 fully saturated rings. The van der Waals surface area contributed by atoms with Crippen LogP contribution in [0.25, 0.3) is 0 Å². The molecule has 0 radical (unpaired) electrons. The maximum Gasteiger partial charge on any atom is 0.164 e. The predicted molar refractivity (Wildman–Crippen MR) is 64.1 cm³/mol. The summed E-state index contributed by atoms with van der Waals surface area (Å²) in [6.07, 6.45) is 3.87. The van der Waals surface area contributed by atoms with Crippen molar-refractivity contribution in [3.05, 3.63) is 29.3 Å². The minimum absolute atomic E-state index is 0.130. The number of carbonyl (C=O) groups is 1. The Kier molecular flexibility index (Phi) is 4.35. The third-order valence-corrected chi connectivity index (χ3v) is 2.56. The summed E-state index contributed by atoms with van der Waals surface area (Å²) in [5.74, 6) is 0.130. The van der Waals surface area contributed by atoms with Crippen molar-refractivity contribution in [2.45, 2.75) is 39.5 Å². The van der Waals surface area contributed by atoms with E-state index in [4.69, 9.17) is 5.73 Å². The highest BCUT2D eigenvalue weighted by Crippen LogP contribution is 2.17. The maximum atomic E-state index is 11.6. The van der Waals surface area contributed by atoms with Gasteiger partial charge >= 0.3 is 0 Å². The van der Waals surface area contributed by atoms with Crippen molar-refractivity contribution in [1.29, 1.82) is 0 Å². The third kappa shape index (κ3) is 3.08. The van der Waals surface area contributed by atoms with Gasteiger partial charge in [-0.05, 0) is 30.5 Å². The first-order valence-corrected chi connectivity index (χ1v) is 5.60. The largest absolute Gasteiger partial charge is 0.398 e. The Morgan fingerprint density at radius 2 is 2.07 bits per heavy atom. The topological polar surface area (TPSA) is 43.1 Å². The molecule has 15 heavy (non-hydrogen) atoms. The Labute approximate surface area is 91.5 Å². The Bertz CT molecular complexity index is 344. The number of anilines is 1. The lowest BCUT2D eigenvalue weighted by molar-refractivity contribution is 0.0989. The summed E-state index contributed by atoms with van der Waals surface area (Å²) in [6, 6.07) is 5.79. The van der Waals surface area contributed by atoms with Crippen LogP contribution in [0.3, 0.4) is 0 Å². The van der Waals surface area contributed by atoms with E-state index in [-0.39, 0.29) is 5.78 Å². The van der Waals surface area contributed by atoms with Crippen molar-refractivity contribution in [3.8, 4) is 0 Å². The van der Waals surface area contributed by atoms with E-state index in [1.807, 2.05) is 25.1 Å². The van der Waals surface area contributed by atoms with E-state index in [9.17, 15) is 4.79 Å². The molecule has 0 heterocycles. The van der Waals surface area contributed by atoms with E-state index >= 15 is 0 Å². The van der Waals surface area contributed by atoms with Crippen LogP contribution in [0.2, 0.25) is 0 Å². The van der Waals surface area contributed by atoms with Crippen LogP contribution in [0.15, 0.2) is 18.2 Å². The van der Waals surface area contributed by atoms with Gasteiger partial charge in [0.05, 0.1) is 0 Å². The molecule has 0 atom stereocenters. The van der Waals surface area contributed by atoms with E-state index in [1.165, 1.54) is 12.0 Å². The number of hydrogen-bond donors (Lipinski definition) is 1. The standard InChI is InChI=1S/C13H19NO/c1-3-5-6-10-7-8-12(14)11(9-10)13(15)4-2/h7-9H,3-6,14H2,1-2H3. The number of nitrogens with two attached hydrogens (primary N) is 1. The molecule has 1 aromatic carbocycles. The summed E-state index contributed by atoms with van der Waals surface area (Å²) in [5, 5.41) is 0. The smallest absolute Gasteiger partial charge is 0.164 e. The number of unbranched alkanes of at least 4 members (excludes halogenated alkanes) is 1. The zero-order chi connectivity index (χ0) is 11.3. The van der Waals surface area contributed by atoms with Crippen molar-refractivity contribution in [2.75, 3.05) is 5.73 Å². The van der Waals surface area contributed by atoms with Crippen LogP contribution in [0.4, 0.5) is 5.69 Å². The lowest BCUT2D eigenvalue weighted by Gasteiger charge is -2.06. The molecule has 0 saturated heterocycles. The van der Waals surface area contributed by atoms with E-state index < -0.39 is 0 Å². The van der Waals surface area contributed by atoms with Gasteiger partial charge in [0.25, 0.3) is 0 Å². The first-order valence-electron chi connectivity index (χ1n) is 5.60. The second-order valence-corrected chi connectivity index (χ2v) is 3.80. The lowest BCUT2D eigenvalue weighted by atomic mass is 10.0. The average molecular weight is 205 g/mol. The summed E-state index contributed by atoms with van der Waals surface area (Å²) in [6.45, 7) is 4.02. The van der Waals surface area contributed by atoms with Crippen LogP contribution in [-0.4, -0.2) is 5.78 Å². The van der Waals surface area contributed by atoms with Gasteiger partial charge in [0, 0.05) is 17.7 Å². The van der Waals surface area contributed by atoms with Gasteiger partial charge in [0.1, 0.15) is 0 Å². The van der Waals surface area contributed by atoms with Gasteiger partial charge in [-0.3, -0.25) is 4.79 Å². The Morgan fingerprint density at radius 1 is 1.33 bits per heavy atom. The summed E-state index contributed by atoms with van der Waals surface area (Å²) in [7, 11) is 0. The second kappa shape index (κ2) is 5.54. The fourth-order valence-corrected chi connectivity index (χ4v) is 1.57. The van der Waals surface area contributed by atoms with Crippen LogP contribution >= 0.6 is 0 Å². The zero-order valence-corrected chi connectivity index (χ0v) is 9.55. The number of Topliss-reactive ketones (excluding diaryl/α,β-unsaturated/α-hetero) is 1. The molecule has 0 saturated carbocycles. The third-order valence-electron chi connectivity index (χ3n) is 2.56. The van der Waals surface area contributed by atoms with Gasteiger partial charge in [-0.25, -0.2) is 0 Å². The molecule has 1 aromatic rings. The second-order valence-electron chi connectivity index (χ2n) is 3.80. The molecule has 82 valence electrons. The molecule has 0 unspecified atom stereocenters. The molecule has 0 aliphatic rings. The molecule has 1 rings (SSSR count). The van der Waals surface area contributed by atoms with Crippen molar-refractivity contribution in [2.24, 2.45) is 0 Å². The van der Waals surface area contributed by atoms with Crippen LogP contribution in [0.1, 0.15) is 49.0 Å². The fraction of sp³-hybridized carbons (Fsp3) is 0.462. The number of carbonyl (C=O) groups excluding carboxylic acids is 1. The molecule has 2 heteroatoms. The molecule has 0 amide bonds. The van der Waals surface area contributed by atoms with E-state index in [0.29, 0.717) is 17.7 Å². The highest BCUT2D eigenvalue weighted by molar-refractivity contribution is 6.00. The summed E-state index contributed by atoms with van der Waals surface area (Å²) < 4.78 is 0. The highest BCUT2D eigenvalue weighted by atomic mass is 16.1. The van der Waals surface area contributed by atoms with Crippen molar-refractivity contribution >= 4 is 11.5 Å². The first kappa shape index (κ1) is 11.8. The summed E-state index contributed by atoms with van der Waals surface area (Å²) in [4.78, 5) is 11.6. The number of ketones is 1. The maximum absolute atomic E-state index is 11.6. The van der Waals surface area contributed by atoms with Gasteiger partial charge in [0.2, 0.25) is 0 Å².